The molecule has 0 heterocycles. The Kier molecular flexibility index (Phi) is 5.73. The van der Waals surface area contributed by atoms with Crippen LogP contribution in [-0.2, 0) is 11.2 Å². The Bertz CT molecular complexity index is 791. The predicted octanol–water partition coefficient (Wildman–Crippen LogP) is 3.25. The van der Waals surface area contributed by atoms with Gasteiger partial charge in [0.25, 0.3) is 5.69 Å². The van der Waals surface area contributed by atoms with Crippen molar-refractivity contribution in [2.45, 2.75) is 6.42 Å². The predicted molar refractivity (Wildman–Crippen MR) is 85.2 cm³/mol. The van der Waals surface area contributed by atoms with Crippen LogP contribution in [0, 0.1) is 21.7 Å². The molecule has 0 aliphatic carbocycles. The van der Waals surface area contributed by atoms with Crippen LogP contribution in [0.4, 0.5) is 14.5 Å². The quantitative estimate of drug-likeness (QED) is 0.501. The van der Waals surface area contributed by atoms with Crippen molar-refractivity contribution in [1.29, 1.82) is 0 Å². The Morgan fingerprint density at radius 2 is 1.92 bits per heavy atom. The minimum atomic E-state index is -0.724. The molecule has 0 aliphatic heterocycles. The van der Waals surface area contributed by atoms with Crippen molar-refractivity contribution in [3.63, 3.8) is 0 Å². The molecule has 2 rings (SSSR count). The van der Waals surface area contributed by atoms with Gasteiger partial charge in [-0.2, -0.15) is 0 Å². The molecule has 2 aromatic carbocycles. The summed E-state index contributed by atoms with van der Waals surface area (Å²) in [4.78, 5) is 21.8. The fourth-order valence-corrected chi connectivity index (χ4v) is 2.06. The lowest BCUT2D eigenvalue weighted by Crippen LogP contribution is -2.23. The van der Waals surface area contributed by atoms with Crippen LogP contribution in [0.2, 0.25) is 0 Å². The maximum absolute atomic E-state index is 13.0. The highest BCUT2D eigenvalue weighted by Gasteiger charge is 2.12. The van der Waals surface area contributed by atoms with E-state index in [1.165, 1.54) is 24.3 Å². The van der Waals surface area contributed by atoms with E-state index < -0.39 is 22.3 Å². The Hall–Kier alpha value is -3.09. The summed E-state index contributed by atoms with van der Waals surface area (Å²) in [6.45, 7) is 0.290. The van der Waals surface area contributed by atoms with Gasteiger partial charge < -0.3 is 5.32 Å². The zero-order valence-corrected chi connectivity index (χ0v) is 12.5. The average molecular weight is 332 g/mol. The fourth-order valence-electron chi connectivity index (χ4n) is 2.06. The SMILES string of the molecule is O=C(C=Cc1ccc(F)cc1[N+](=O)[O-])NCCc1cccc(F)c1. The van der Waals surface area contributed by atoms with Gasteiger partial charge in [0.1, 0.15) is 11.6 Å². The van der Waals surface area contributed by atoms with Gasteiger partial charge in [-0.15, -0.1) is 0 Å². The maximum atomic E-state index is 13.0. The maximum Gasteiger partial charge on any atom is 0.279 e. The van der Waals surface area contributed by atoms with Crippen molar-refractivity contribution >= 4 is 17.7 Å². The number of halogens is 2. The number of nitrogens with one attached hydrogen (secondary N) is 1. The number of carbonyl (C=O) groups is 1. The van der Waals surface area contributed by atoms with Crippen molar-refractivity contribution in [3.8, 4) is 0 Å². The lowest BCUT2D eigenvalue weighted by molar-refractivity contribution is -0.385. The van der Waals surface area contributed by atoms with E-state index in [0.29, 0.717) is 6.42 Å². The molecule has 0 radical (unpaired) electrons. The molecular weight excluding hydrogens is 318 g/mol. The first-order valence-corrected chi connectivity index (χ1v) is 7.10. The van der Waals surface area contributed by atoms with E-state index in [9.17, 15) is 23.7 Å². The monoisotopic (exact) mass is 332 g/mol. The summed E-state index contributed by atoms with van der Waals surface area (Å²) in [5.41, 5.74) is 0.453. The van der Waals surface area contributed by atoms with Gasteiger partial charge in [0, 0.05) is 12.6 Å². The molecule has 1 amide bonds. The standard InChI is InChI=1S/C17H14F2N2O3/c18-14-3-1-2-12(10-14)8-9-20-17(22)7-5-13-4-6-15(19)11-16(13)21(23)24/h1-7,10-11H,8-9H2,(H,20,22). The zero-order valence-electron chi connectivity index (χ0n) is 12.5. The summed E-state index contributed by atoms with van der Waals surface area (Å²) in [5, 5.41) is 13.4. The zero-order chi connectivity index (χ0) is 17.5. The second-order valence-electron chi connectivity index (χ2n) is 4.96. The first kappa shape index (κ1) is 17.3. The van der Waals surface area contributed by atoms with Gasteiger partial charge in [0.05, 0.1) is 16.6 Å². The minimum absolute atomic E-state index is 0.127. The molecule has 0 saturated carbocycles. The first-order chi connectivity index (χ1) is 11.5. The highest BCUT2D eigenvalue weighted by molar-refractivity contribution is 5.92. The molecule has 2 aromatic rings. The normalized spacial score (nSPS) is 10.8. The van der Waals surface area contributed by atoms with Crippen molar-refractivity contribution in [2.75, 3.05) is 6.54 Å². The van der Waals surface area contributed by atoms with Gasteiger partial charge in [-0.1, -0.05) is 12.1 Å². The summed E-state index contributed by atoms with van der Waals surface area (Å²) in [5.74, 6) is -1.52. The third kappa shape index (κ3) is 4.98. The highest BCUT2D eigenvalue weighted by atomic mass is 19.1. The van der Waals surface area contributed by atoms with E-state index in [2.05, 4.69) is 5.32 Å². The van der Waals surface area contributed by atoms with E-state index in [1.54, 1.807) is 12.1 Å². The smallest absolute Gasteiger partial charge is 0.279 e. The molecule has 5 nitrogen and oxygen atoms in total. The summed E-state index contributed by atoms with van der Waals surface area (Å²) in [6.07, 6.45) is 2.83. The van der Waals surface area contributed by atoms with Crippen LogP contribution in [0.15, 0.2) is 48.5 Å². The summed E-state index contributed by atoms with van der Waals surface area (Å²) in [6, 6.07) is 9.14. The molecule has 0 fully saturated rings. The number of hydrogen-bond acceptors (Lipinski definition) is 3. The molecular formula is C17H14F2N2O3. The Balaban J connectivity index is 1.92. The van der Waals surface area contributed by atoms with Crippen molar-refractivity contribution < 1.29 is 18.5 Å². The van der Waals surface area contributed by atoms with Crippen LogP contribution in [0.3, 0.4) is 0 Å². The molecule has 0 aliphatic rings. The van der Waals surface area contributed by atoms with Crippen molar-refractivity contribution in [1.82, 2.24) is 5.32 Å². The number of nitro benzene ring substituents is 1. The fraction of sp³-hybridized carbons (Fsp3) is 0.118. The largest absolute Gasteiger partial charge is 0.352 e. The van der Waals surface area contributed by atoms with Crippen LogP contribution < -0.4 is 5.32 Å². The molecule has 0 atom stereocenters. The van der Waals surface area contributed by atoms with Crippen LogP contribution in [0.25, 0.3) is 6.08 Å². The molecule has 0 spiro atoms. The first-order valence-electron chi connectivity index (χ1n) is 7.10. The average Bonchev–Trinajstić information content (AvgIpc) is 2.53. The third-order valence-electron chi connectivity index (χ3n) is 3.21. The highest BCUT2D eigenvalue weighted by Crippen LogP contribution is 2.20. The molecule has 24 heavy (non-hydrogen) atoms. The van der Waals surface area contributed by atoms with E-state index in [4.69, 9.17) is 0 Å². The minimum Gasteiger partial charge on any atom is -0.352 e. The van der Waals surface area contributed by atoms with Crippen molar-refractivity contribution in [3.05, 3.63) is 81.4 Å². The topological polar surface area (TPSA) is 72.2 Å². The Labute approximate surface area is 136 Å². The lowest BCUT2D eigenvalue weighted by Gasteiger charge is -2.03. The molecule has 1 N–H and O–H groups in total. The van der Waals surface area contributed by atoms with Gasteiger partial charge in [-0.25, -0.2) is 8.78 Å². The van der Waals surface area contributed by atoms with E-state index >= 15 is 0 Å². The van der Waals surface area contributed by atoms with Crippen LogP contribution in [0.5, 0.6) is 0 Å². The third-order valence-corrected chi connectivity index (χ3v) is 3.21. The van der Waals surface area contributed by atoms with E-state index in [1.807, 2.05) is 0 Å². The summed E-state index contributed by atoms with van der Waals surface area (Å²) in [7, 11) is 0. The number of amides is 1. The number of benzene rings is 2. The summed E-state index contributed by atoms with van der Waals surface area (Å²) < 4.78 is 26.0. The van der Waals surface area contributed by atoms with E-state index in [-0.39, 0.29) is 17.9 Å². The second kappa shape index (κ2) is 7.96. The Morgan fingerprint density at radius 1 is 1.17 bits per heavy atom. The van der Waals surface area contributed by atoms with Crippen LogP contribution in [-0.4, -0.2) is 17.4 Å². The van der Waals surface area contributed by atoms with E-state index in [0.717, 1.165) is 23.8 Å². The van der Waals surface area contributed by atoms with Gasteiger partial charge in [-0.3, -0.25) is 14.9 Å². The molecule has 0 bridgehead atoms. The number of hydrogen-bond donors (Lipinski definition) is 1. The van der Waals surface area contributed by atoms with Gasteiger partial charge >= 0.3 is 0 Å². The molecule has 0 saturated heterocycles. The van der Waals surface area contributed by atoms with Gasteiger partial charge in [-0.05, 0) is 42.3 Å². The Morgan fingerprint density at radius 3 is 2.62 bits per heavy atom. The number of nitrogens with zero attached hydrogens (tertiary/aromatic N) is 1. The molecule has 124 valence electrons. The number of carbonyl (C=O) groups excluding carboxylic acids is 1. The number of nitro groups is 1. The van der Waals surface area contributed by atoms with Crippen LogP contribution in [0.1, 0.15) is 11.1 Å². The lowest BCUT2D eigenvalue weighted by atomic mass is 10.1. The molecule has 0 unspecified atom stereocenters. The number of rotatable bonds is 6. The summed E-state index contributed by atoms with van der Waals surface area (Å²) >= 11 is 0. The van der Waals surface area contributed by atoms with Gasteiger partial charge in [0.2, 0.25) is 5.91 Å². The van der Waals surface area contributed by atoms with Gasteiger partial charge in [0.15, 0.2) is 0 Å². The molecule has 0 aromatic heterocycles. The van der Waals surface area contributed by atoms with Crippen LogP contribution >= 0.6 is 0 Å². The van der Waals surface area contributed by atoms with Crippen molar-refractivity contribution in [2.24, 2.45) is 0 Å². The second-order valence-corrected chi connectivity index (χ2v) is 4.96. The molecule has 7 heteroatoms.